The molecule has 0 spiro atoms. The fourth-order valence-electron chi connectivity index (χ4n) is 4.50. The maximum atomic E-state index is 13.4. The van der Waals surface area contributed by atoms with Gasteiger partial charge in [-0.15, -0.1) is 11.3 Å². The lowest BCUT2D eigenvalue weighted by molar-refractivity contribution is -0.123. The van der Waals surface area contributed by atoms with Crippen LogP contribution in [0.25, 0.3) is 10.8 Å². The van der Waals surface area contributed by atoms with E-state index in [2.05, 4.69) is 9.88 Å². The maximum absolute atomic E-state index is 13.4. The molecule has 2 aliphatic heterocycles. The molecule has 1 atom stereocenters. The second-order valence-corrected chi connectivity index (χ2v) is 12.3. The summed E-state index contributed by atoms with van der Waals surface area (Å²) >= 11 is 7.35. The van der Waals surface area contributed by atoms with Crippen molar-refractivity contribution in [3.05, 3.63) is 57.0 Å². The van der Waals surface area contributed by atoms with E-state index in [-0.39, 0.29) is 24.5 Å². The van der Waals surface area contributed by atoms with E-state index in [1.807, 2.05) is 7.05 Å². The van der Waals surface area contributed by atoms with Crippen LogP contribution in [-0.2, 0) is 27.8 Å². The van der Waals surface area contributed by atoms with Gasteiger partial charge < -0.3 is 15.5 Å². The minimum atomic E-state index is -3.92. The molecule has 9 nitrogen and oxygen atoms in total. The minimum Gasteiger partial charge on any atom is -0.368 e. The fraction of sp³-hybridized carbons (Fsp3) is 0.348. The summed E-state index contributed by atoms with van der Waals surface area (Å²) in [6, 6.07) is 8.91. The van der Waals surface area contributed by atoms with Crippen LogP contribution in [-0.4, -0.2) is 78.6 Å². The number of piperazine rings is 1. The third kappa shape index (κ3) is 4.54. The molecule has 3 heterocycles. The zero-order valence-electron chi connectivity index (χ0n) is 19.0. The number of sulfonamides is 1. The van der Waals surface area contributed by atoms with Crippen molar-refractivity contribution in [1.29, 1.82) is 0 Å². The zero-order chi connectivity index (χ0) is 24.9. The highest BCUT2D eigenvalue weighted by Gasteiger charge is 2.40. The molecule has 184 valence electrons. The molecule has 2 aromatic carbocycles. The van der Waals surface area contributed by atoms with Crippen LogP contribution in [0.2, 0.25) is 5.02 Å². The molecule has 35 heavy (non-hydrogen) atoms. The first kappa shape index (κ1) is 24.1. The Labute approximate surface area is 212 Å². The van der Waals surface area contributed by atoms with Gasteiger partial charge in [-0.2, -0.15) is 4.31 Å². The van der Waals surface area contributed by atoms with Crippen LogP contribution in [0.15, 0.2) is 41.3 Å². The Hall–Kier alpha value is -2.57. The summed E-state index contributed by atoms with van der Waals surface area (Å²) in [7, 11) is -1.90. The zero-order valence-corrected chi connectivity index (χ0v) is 21.4. The number of hydrogen-bond donors (Lipinski definition) is 1. The Balaban J connectivity index is 1.39. The second kappa shape index (κ2) is 9.14. The van der Waals surface area contributed by atoms with E-state index in [0.717, 1.165) is 40.9 Å². The van der Waals surface area contributed by atoms with Crippen molar-refractivity contribution < 1.29 is 18.0 Å². The molecule has 1 saturated heterocycles. The minimum absolute atomic E-state index is 0.0407. The number of thiazole rings is 1. The predicted octanol–water partition coefficient (Wildman–Crippen LogP) is 1.94. The van der Waals surface area contributed by atoms with Crippen LogP contribution in [0.4, 0.5) is 0 Å². The number of benzene rings is 2. The van der Waals surface area contributed by atoms with E-state index in [0.29, 0.717) is 10.0 Å². The fourth-order valence-corrected chi connectivity index (χ4v) is 7.30. The number of amides is 2. The van der Waals surface area contributed by atoms with E-state index in [1.54, 1.807) is 30.3 Å². The molecule has 2 N–H and O–H groups in total. The van der Waals surface area contributed by atoms with Gasteiger partial charge in [-0.25, -0.2) is 13.4 Å². The van der Waals surface area contributed by atoms with Crippen LogP contribution in [0.5, 0.6) is 0 Å². The second-order valence-electron chi connectivity index (χ2n) is 8.81. The predicted molar refractivity (Wildman–Crippen MR) is 134 cm³/mol. The molecule has 3 aromatic rings. The maximum Gasteiger partial charge on any atom is 0.283 e. The summed E-state index contributed by atoms with van der Waals surface area (Å²) in [5, 5.41) is 2.42. The molecular weight excluding hydrogens is 510 g/mol. The van der Waals surface area contributed by atoms with Gasteiger partial charge in [0.05, 0.1) is 10.6 Å². The largest absolute Gasteiger partial charge is 0.368 e. The van der Waals surface area contributed by atoms with Gasteiger partial charge in [-0.05, 0) is 42.1 Å². The van der Waals surface area contributed by atoms with Crippen LogP contribution in [0, 0.1) is 0 Å². The van der Waals surface area contributed by atoms with Gasteiger partial charge in [-0.3, -0.25) is 9.59 Å². The number of nitrogens with zero attached hydrogens (tertiary/aromatic N) is 4. The summed E-state index contributed by atoms with van der Waals surface area (Å²) < 4.78 is 28.0. The smallest absolute Gasteiger partial charge is 0.283 e. The van der Waals surface area contributed by atoms with Crippen molar-refractivity contribution in [1.82, 2.24) is 19.1 Å². The number of nitrogens with two attached hydrogens (primary N) is 1. The molecule has 0 unspecified atom stereocenters. The van der Waals surface area contributed by atoms with E-state index in [1.165, 1.54) is 26.6 Å². The van der Waals surface area contributed by atoms with Gasteiger partial charge in [0.2, 0.25) is 15.9 Å². The van der Waals surface area contributed by atoms with Gasteiger partial charge in [0.25, 0.3) is 5.91 Å². The lowest BCUT2D eigenvalue weighted by Gasteiger charge is -2.38. The molecule has 0 bridgehead atoms. The van der Waals surface area contributed by atoms with Crippen LogP contribution >= 0.6 is 22.9 Å². The van der Waals surface area contributed by atoms with Crippen molar-refractivity contribution in [3.8, 4) is 0 Å². The molecule has 0 aliphatic carbocycles. The van der Waals surface area contributed by atoms with Gasteiger partial charge >= 0.3 is 0 Å². The summed E-state index contributed by atoms with van der Waals surface area (Å²) in [6.07, 6.45) is 0.763. The number of halogens is 1. The third-order valence-corrected chi connectivity index (χ3v) is 9.62. The van der Waals surface area contributed by atoms with Gasteiger partial charge in [0.15, 0.2) is 5.01 Å². The molecule has 1 fully saturated rings. The van der Waals surface area contributed by atoms with Crippen molar-refractivity contribution in [2.24, 2.45) is 5.73 Å². The topological polar surface area (TPSA) is 117 Å². The summed E-state index contributed by atoms with van der Waals surface area (Å²) in [5.74, 6) is -1.15. The Morgan fingerprint density at radius 1 is 1.11 bits per heavy atom. The third-order valence-electron chi connectivity index (χ3n) is 6.45. The highest BCUT2D eigenvalue weighted by molar-refractivity contribution is 7.89. The Morgan fingerprint density at radius 2 is 1.86 bits per heavy atom. The number of primary amides is 1. The lowest BCUT2D eigenvalue weighted by Crippen LogP contribution is -2.60. The Kier molecular flexibility index (Phi) is 6.30. The number of rotatable bonds is 4. The first-order valence-corrected chi connectivity index (χ1v) is 13.7. The molecule has 2 aliphatic rings. The normalized spacial score (nSPS) is 19.6. The van der Waals surface area contributed by atoms with E-state index >= 15 is 0 Å². The quantitative estimate of drug-likeness (QED) is 0.548. The van der Waals surface area contributed by atoms with E-state index in [4.69, 9.17) is 17.3 Å². The first-order chi connectivity index (χ1) is 16.6. The van der Waals surface area contributed by atoms with E-state index < -0.39 is 27.9 Å². The van der Waals surface area contributed by atoms with Crippen molar-refractivity contribution in [2.75, 3.05) is 33.2 Å². The highest BCUT2D eigenvalue weighted by Crippen LogP contribution is 2.29. The molecule has 5 rings (SSSR count). The number of carbonyl (C=O) groups excluding carboxylic acids is 2. The summed E-state index contributed by atoms with van der Waals surface area (Å²) in [5.41, 5.74) is 6.54. The SMILES string of the molecule is CN1CCc2nc(C(=O)N3CCN(S(=O)(=O)c4ccc5cc(Cl)ccc5c4)C[C@@H]3C(N)=O)sc2C1. The van der Waals surface area contributed by atoms with E-state index in [9.17, 15) is 18.0 Å². The Bertz CT molecular complexity index is 1440. The standard InChI is InChI=1S/C23H24ClN5O4S2/c1-27-7-6-18-20(13-27)34-22(26-18)23(31)29-9-8-28(12-19(29)21(25)30)35(32,33)17-5-3-14-10-16(24)4-2-15(14)11-17/h2-5,10-11,19H,6-9,12-13H2,1H3,(H2,25,30)/t19-/m1/s1. The molecule has 1 aromatic heterocycles. The number of carbonyl (C=O) groups is 2. The number of hydrogen-bond acceptors (Lipinski definition) is 7. The average molecular weight is 534 g/mol. The first-order valence-electron chi connectivity index (χ1n) is 11.1. The number of aromatic nitrogens is 1. The molecule has 2 amide bonds. The van der Waals surface area contributed by atoms with Gasteiger partial charge in [-0.1, -0.05) is 23.7 Å². The molecule has 0 saturated carbocycles. The molecule has 0 radical (unpaired) electrons. The monoisotopic (exact) mass is 533 g/mol. The molecule has 12 heteroatoms. The van der Waals surface area contributed by atoms with Crippen LogP contribution in [0.1, 0.15) is 20.4 Å². The van der Waals surface area contributed by atoms with Crippen molar-refractivity contribution >= 4 is 55.5 Å². The average Bonchev–Trinajstić information content (AvgIpc) is 3.26. The van der Waals surface area contributed by atoms with Crippen LogP contribution in [0.3, 0.4) is 0 Å². The van der Waals surface area contributed by atoms with Crippen molar-refractivity contribution in [3.63, 3.8) is 0 Å². The van der Waals surface area contributed by atoms with Crippen molar-refractivity contribution in [2.45, 2.75) is 23.9 Å². The van der Waals surface area contributed by atoms with Gasteiger partial charge in [0.1, 0.15) is 6.04 Å². The number of likely N-dealkylation sites (N-methyl/N-ethyl adjacent to an activating group) is 1. The number of fused-ring (bicyclic) bond motifs is 2. The molecular formula is C23H24ClN5O4S2. The van der Waals surface area contributed by atoms with Crippen LogP contribution < -0.4 is 5.73 Å². The lowest BCUT2D eigenvalue weighted by atomic mass is 10.1. The highest BCUT2D eigenvalue weighted by atomic mass is 35.5. The Morgan fingerprint density at radius 3 is 2.63 bits per heavy atom. The van der Waals surface area contributed by atoms with Gasteiger partial charge in [0, 0.05) is 49.0 Å². The summed E-state index contributed by atoms with van der Waals surface area (Å²) in [4.78, 5) is 34.8. The summed E-state index contributed by atoms with van der Waals surface area (Å²) in [6.45, 7) is 1.47.